The first-order valence-corrected chi connectivity index (χ1v) is 7.23. The maximum Gasteiger partial charge on any atom is 0.124 e. The Bertz CT molecular complexity index is 655. The average Bonchev–Trinajstić information content (AvgIpc) is 2.45. The van der Waals surface area contributed by atoms with Crippen LogP contribution in [0.25, 0.3) is 0 Å². The summed E-state index contributed by atoms with van der Waals surface area (Å²) in [6.45, 7) is 6.08. The highest BCUT2D eigenvalue weighted by Gasteiger charge is 2.22. The molecule has 0 aromatic heterocycles. The first kappa shape index (κ1) is 15.8. The van der Waals surface area contributed by atoms with E-state index < -0.39 is 0 Å². The van der Waals surface area contributed by atoms with Gasteiger partial charge in [0, 0.05) is 10.6 Å². The quantitative estimate of drug-likeness (QED) is 0.666. The minimum atomic E-state index is -0.215. The fourth-order valence-electron chi connectivity index (χ4n) is 2.70. The van der Waals surface area contributed by atoms with Crippen LogP contribution in [0, 0.1) is 20.8 Å². The van der Waals surface area contributed by atoms with E-state index in [4.69, 9.17) is 22.2 Å². The molecule has 21 heavy (non-hydrogen) atoms. The minimum absolute atomic E-state index is 0.215. The van der Waals surface area contributed by atoms with Crippen LogP contribution < -0.4 is 16.0 Å². The van der Waals surface area contributed by atoms with Crippen LogP contribution in [0.1, 0.15) is 33.9 Å². The van der Waals surface area contributed by atoms with Crippen molar-refractivity contribution in [2.75, 3.05) is 7.11 Å². The smallest absolute Gasteiger partial charge is 0.124 e. The van der Waals surface area contributed by atoms with E-state index in [0.29, 0.717) is 0 Å². The highest BCUT2D eigenvalue weighted by atomic mass is 35.5. The summed E-state index contributed by atoms with van der Waals surface area (Å²) in [5.41, 5.74) is 8.13. The lowest BCUT2D eigenvalue weighted by Gasteiger charge is -2.23. The van der Waals surface area contributed by atoms with Gasteiger partial charge in [-0.15, -0.1) is 0 Å². The standard InChI is InChI=1S/C17H21ClN2O/c1-10-8-12(3)15(14(9-10)21-4)17(20-19)13-7-5-6-11(2)16(13)18/h5-9,17,20H,19H2,1-4H3. The molecule has 112 valence electrons. The van der Waals surface area contributed by atoms with Gasteiger partial charge in [0.2, 0.25) is 0 Å². The van der Waals surface area contributed by atoms with E-state index in [1.807, 2.05) is 38.1 Å². The molecule has 0 saturated heterocycles. The molecule has 0 spiro atoms. The van der Waals surface area contributed by atoms with E-state index in [1.165, 1.54) is 0 Å². The second-order valence-electron chi connectivity index (χ2n) is 5.28. The zero-order valence-corrected chi connectivity index (χ0v) is 13.6. The topological polar surface area (TPSA) is 47.3 Å². The molecular weight excluding hydrogens is 284 g/mol. The van der Waals surface area contributed by atoms with Crippen LogP contribution in [0.5, 0.6) is 5.75 Å². The summed E-state index contributed by atoms with van der Waals surface area (Å²) in [5.74, 6) is 6.64. The minimum Gasteiger partial charge on any atom is -0.496 e. The monoisotopic (exact) mass is 304 g/mol. The molecule has 3 N–H and O–H groups in total. The molecular formula is C17H21ClN2O. The summed E-state index contributed by atoms with van der Waals surface area (Å²) in [6.07, 6.45) is 0. The Labute approximate surface area is 131 Å². The van der Waals surface area contributed by atoms with Crippen molar-refractivity contribution < 1.29 is 4.74 Å². The van der Waals surface area contributed by atoms with E-state index in [-0.39, 0.29) is 6.04 Å². The lowest BCUT2D eigenvalue weighted by molar-refractivity contribution is 0.403. The number of aryl methyl sites for hydroxylation is 3. The average molecular weight is 305 g/mol. The first-order valence-electron chi connectivity index (χ1n) is 6.85. The summed E-state index contributed by atoms with van der Waals surface area (Å²) < 4.78 is 5.54. The van der Waals surface area contributed by atoms with Crippen LogP contribution in [0.2, 0.25) is 5.02 Å². The predicted molar refractivity (Wildman–Crippen MR) is 87.8 cm³/mol. The van der Waals surface area contributed by atoms with Crippen LogP contribution in [-0.2, 0) is 0 Å². The van der Waals surface area contributed by atoms with Crippen molar-refractivity contribution in [3.63, 3.8) is 0 Å². The predicted octanol–water partition coefficient (Wildman–Crippen LogP) is 3.83. The van der Waals surface area contributed by atoms with E-state index >= 15 is 0 Å². The van der Waals surface area contributed by atoms with Gasteiger partial charge in [-0.3, -0.25) is 5.84 Å². The van der Waals surface area contributed by atoms with Crippen molar-refractivity contribution >= 4 is 11.6 Å². The Kier molecular flexibility index (Phi) is 4.88. The van der Waals surface area contributed by atoms with Gasteiger partial charge in [-0.05, 0) is 49.1 Å². The lowest BCUT2D eigenvalue weighted by Crippen LogP contribution is -2.30. The number of hydrogen-bond acceptors (Lipinski definition) is 3. The molecule has 0 saturated carbocycles. The molecule has 2 aromatic carbocycles. The maximum absolute atomic E-state index is 6.46. The van der Waals surface area contributed by atoms with Crippen molar-refractivity contribution in [1.82, 2.24) is 5.43 Å². The molecule has 3 nitrogen and oxygen atoms in total. The number of nitrogens with one attached hydrogen (secondary N) is 1. The number of methoxy groups -OCH3 is 1. The van der Waals surface area contributed by atoms with Gasteiger partial charge in [-0.1, -0.05) is 35.9 Å². The number of halogens is 1. The number of hydrazine groups is 1. The van der Waals surface area contributed by atoms with Gasteiger partial charge in [0.15, 0.2) is 0 Å². The van der Waals surface area contributed by atoms with Crippen molar-refractivity contribution in [3.8, 4) is 5.75 Å². The Balaban J connectivity index is 2.64. The van der Waals surface area contributed by atoms with Crippen LogP contribution in [-0.4, -0.2) is 7.11 Å². The second kappa shape index (κ2) is 6.48. The fraction of sp³-hybridized carbons (Fsp3) is 0.294. The number of ether oxygens (including phenoxy) is 1. The molecule has 0 radical (unpaired) electrons. The van der Waals surface area contributed by atoms with Gasteiger partial charge in [0.05, 0.1) is 13.2 Å². The van der Waals surface area contributed by atoms with Gasteiger partial charge in [0.1, 0.15) is 5.75 Å². The van der Waals surface area contributed by atoms with Gasteiger partial charge in [-0.25, -0.2) is 5.43 Å². The van der Waals surface area contributed by atoms with Crippen molar-refractivity contribution in [1.29, 1.82) is 0 Å². The molecule has 2 rings (SSSR count). The van der Waals surface area contributed by atoms with Crippen LogP contribution in [0.4, 0.5) is 0 Å². The number of nitrogens with two attached hydrogens (primary N) is 1. The fourth-order valence-corrected chi connectivity index (χ4v) is 2.94. The number of benzene rings is 2. The largest absolute Gasteiger partial charge is 0.496 e. The SMILES string of the molecule is COc1cc(C)cc(C)c1C(NN)c1cccc(C)c1Cl. The molecule has 0 amide bonds. The van der Waals surface area contributed by atoms with Gasteiger partial charge in [-0.2, -0.15) is 0 Å². The molecule has 0 aliphatic rings. The Morgan fingerprint density at radius 2 is 1.86 bits per heavy atom. The third-order valence-corrected chi connectivity index (χ3v) is 4.22. The third kappa shape index (κ3) is 3.05. The molecule has 2 aromatic rings. The summed E-state index contributed by atoms with van der Waals surface area (Å²) in [4.78, 5) is 0. The second-order valence-corrected chi connectivity index (χ2v) is 5.65. The van der Waals surface area contributed by atoms with E-state index in [2.05, 4.69) is 18.4 Å². The molecule has 1 atom stereocenters. The van der Waals surface area contributed by atoms with Crippen LogP contribution >= 0.6 is 11.6 Å². The van der Waals surface area contributed by atoms with E-state index in [1.54, 1.807) is 7.11 Å². The van der Waals surface area contributed by atoms with Crippen molar-refractivity contribution in [2.24, 2.45) is 5.84 Å². The summed E-state index contributed by atoms with van der Waals surface area (Å²) in [5, 5.41) is 0.725. The number of rotatable bonds is 4. The first-order chi connectivity index (χ1) is 9.99. The summed E-state index contributed by atoms with van der Waals surface area (Å²) in [6, 6.07) is 9.86. The zero-order valence-electron chi connectivity index (χ0n) is 12.8. The van der Waals surface area contributed by atoms with Crippen LogP contribution in [0.15, 0.2) is 30.3 Å². The maximum atomic E-state index is 6.46. The highest BCUT2D eigenvalue weighted by Crippen LogP contribution is 2.36. The Hall–Kier alpha value is -1.55. The normalized spacial score (nSPS) is 12.3. The van der Waals surface area contributed by atoms with Crippen molar-refractivity contribution in [2.45, 2.75) is 26.8 Å². The van der Waals surface area contributed by atoms with Crippen molar-refractivity contribution in [3.05, 3.63) is 63.2 Å². The molecule has 0 bridgehead atoms. The van der Waals surface area contributed by atoms with Gasteiger partial charge in [0.25, 0.3) is 0 Å². The summed E-state index contributed by atoms with van der Waals surface area (Å²) >= 11 is 6.46. The molecule has 4 heteroatoms. The zero-order chi connectivity index (χ0) is 15.6. The lowest BCUT2D eigenvalue weighted by atomic mass is 9.92. The number of hydrogen-bond donors (Lipinski definition) is 2. The van der Waals surface area contributed by atoms with Gasteiger partial charge < -0.3 is 4.74 Å². The Morgan fingerprint density at radius 3 is 2.48 bits per heavy atom. The Morgan fingerprint density at radius 1 is 1.14 bits per heavy atom. The third-order valence-electron chi connectivity index (χ3n) is 3.70. The molecule has 1 unspecified atom stereocenters. The molecule has 0 aliphatic carbocycles. The molecule has 0 fully saturated rings. The molecule has 0 heterocycles. The van der Waals surface area contributed by atoms with E-state index in [0.717, 1.165) is 38.6 Å². The van der Waals surface area contributed by atoms with E-state index in [9.17, 15) is 0 Å². The van der Waals surface area contributed by atoms with Crippen LogP contribution in [0.3, 0.4) is 0 Å². The molecule has 0 aliphatic heterocycles. The highest BCUT2D eigenvalue weighted by molar-refractivity contribution is 6.32. The summed E-state index contributed by atoms with van der Waals surface area (Å²) in [7, 11) is 1.67. The van der Waals surface area contributed by atoms with Gasteiger partial charge >= 0.3 is 0 Å².